The van der Waals surface area contributed by atoms with Crippen molar-refractivity contribution in [3.05, 3.63) is 83.9 Å². The first-order chi connectivity index (χ1) is 15.2. The highest BCUT2D eigenvalue weighted by Crippen LogP contribution is 2.37. The summed E-state index contributed by atoms with van der Waals surface area (Å²) >= 11 is 0. The normalized spacial score (nSPS) is 10.8. The summed E-state index contributed by atoms with van der Waals surface area (Å²) in [5.74, 6) is 6.92. The third-order valence-corrected chi connectivity index (χ3v) is 5.34. The van der Waals surface area contributed by atoms with Crippen LogP contribution < -0.4 is 9.47 Å². The van der Waals surface area contributed by atoms with Crippen molar-refractivity contribution in [3.8, 4) is 23.3 Å². The smallest absolute Gasteiger partial charge is 0.237 e. The molecule has 0 unspecified atom stereocenters. The van der Waals surface area contributed by atoms with Crippen molar-refractivity contribution in [2.75, 3.05) is 14.2 Å². The minimum atomic E-state index is -0.257. The standard InChI is InChI=1S/C27H18O4/c1-29-18-10-7-17(8-11-18)9-14-24(28)23-16-26-27(21-6-4-3-5-20(21)23)22-13-12-19(30-2)15-25(22)31-26/h3-8,10-13,15-16H,1-2H3. The molecule has 0 aliphatic heterocycles. The minimum absolute atomic E-state index is 0.257. The molecular formula is C27H18O4. The van der Waals surface area contributed by atoms with E-state index >= 15 is 0 Å². The van der Waals surface area contributed by atoms with E-state index in [-0.39, 0.29) is 5.78 Å². The molecule has 150 valence electrons. The van der Waals surface area contributed by atoms with E-state index in [4.69, 9.17) is 13.9 Å². The molecule has 0 bridgehead atoms. The number of hydrogen-bond donors (Lipinski definition) is 0. The van der Waals surface area contributed by atoms with E-state index in [0.29, 0.717) is 16.7 Å². The van der Waals surface area contributed by atoms with Gasteiger partial charge in [0.1, 0.15) is 22.7 Å². The number of Topliss-reactive ketones (excluding diaryl/α,β-unsaturated/α-hetero) is 1. The van der Waals surface area contributed by atoms with E-state index in [1.807, 2.05) is 66.7 Å². The van der Waals surface area contributed by atoms with Crippen molar-refractivity contribution >= 4 is 38.5 Å². The first kappa shape index (κ1) is 18.8. The number of furan rings is 1. The fraction of sp³-hybridized carbons (Fsp3) is 0.0741. The molecule has 0 aliphatic carbocycles. The van der Waals surface area contributed by atoms with Crippen LogP contribution >= 0.6 is 0 Å². The van der Waals surface area contributed by atoms with Gasteiger partial charge in [-0.1, -0.05) is 30.2 Å². The predicted molar refractivity (Wildman–Crippen MR) is 122 cm³/mol. The SMILES string of the molecule is COc1ccc(C#CC(=O)c2cc3oc4cc(OC)ccc4c3c3ccccc23)cc1. The van der Waals surface area contributed by atoms with Crippen molar-refractivity contribution in [2.45, 2.75) is 0 Å². The summed E-state index contributed by atoms with van der Waals surface area (Å²) in [6, 6.07) is 22.7. The lowest BCUT2D eigenvalue weighted by atomic mass is 9.97. The van der Waals surface area contributed by atoms with Gasteiger partial charge in [0.05, 0.1) is 14.2 Å². The Balaban J connectivity index is 1.66. The lowest BCUT2D eigenvalue weighted by molar-refractivity contribution is 0.105. The molecule has 1 heterocycles. The van der Waals surface area contributed by atoms with Crippen LogP contribution in [0.15, 0.2) is 77.2 Å². The number of ketones is 1. The van der Waals surface area contributed by atoms with Crippen LogP contribution in [0.4, 0.5) is 0 Å². The predicted octanol–water partition coefficient (Wildman–Crippen LogP) is 5.99. The Morgan fingerprint density at radius 3 is 2.23 bits per heavy atom. The van der Waals surface area contributed by atoms with E-state index < -0.39 is 0 Å². The molecule has 0 N–H and O–H groups in total. The second kappa shape index (κ2) is 7.55. The van der Waals surface area contributed by atoms with E-state index in [1.165, 1.54) is 0 Å². The molecule has 0 radical (unpaired) electrons. The van der Waals surface area contributed by atoms with Crippen LogP contribution in [0.25, 0.3) is 32.7 Å². The van der Waals surface area contributed by atoms with Crippen LogP contribution in [0.2, 0.25) is 0 Å². The molecule has 4 aromatic carbocycles. The van der Waals surface area contributed by atoms with Crippen LogP contribution in [-0.2, 0) is 0 Å². The highest BCUT2D eigenvalue weighted by molar-refractivity contribution is 6.26. The van der Waals surface area contributed by atoms with Crippen molar-refractivity contribution in [1.82, 2.24) is 0 Å². The first-order valence-electron chi connectivity index (χ1n) is 9.80. The Labute approximate surface area is 179 Å². The first-order valence-corrected chi connectivity index (χ1v) is 9.80. The van der Waals surface area contributed by atoms with Gasteiger partial charge in [0.15, 0.2) is 0 Å². The van der Waals surface area contributed by atoms with E-state index in [1.54, 1.807) is 20.3 Å². The fourth-order valence-corrected chi connectivity index (χ4v) is 3.81. The molecule has 0 fully saturated rings. The van der Waals surface area contributed by atoms with Crippen molar-refractivity contribution in [2.24, 2.45) is 0 Å². The van der Waals surface area contributed by atoms with Gasteiger partial charge in [-0.05, 0) is 59.2 Å². The monoisotopic (exact) mass is 406 g/mol. The molecule has 0 amide bonds. The van der Waals surface area contributed by atoms with Gasteiger partial charge >= 0.3 is 0 Å². The average Bonchev–Trinajstić information content (AvgIpc) is 3.20. The molecule has 0 spiro atoms. The highest BCUT2D eigenvalue weighted by atomic mass is 16.5. The van der Waals surface area contributed by atoms with Gasteiger partial charge in [-0.15, -0.1) is 0 Å². The van der Waals surface area contributed by atoms with Gasteiger partial charge in [0, 0.05) is 28.0 Å². The largest absolute Gasteiger partial charge is 0.497 e. The van der Waals surface area contributed by atoms with E-state index in [0.717, 1.165) is 38.6 Å². The molecule has 0 saturated heterocycles. The fourth-order valence-electron chi connectivity index (χ4n) is 3.81. The van der Waals surface area contributed by atoms with Crippen molar-refractivity contribution in [3.63, 3.8) is 0 Å². The summed E-state index contributed by atoms with van der Waals surface area (Å²) in [5, 5.41) is 3.77. The van der Waals surface area contributed by atoms with Crippen LogP contribution in [0.5, 0.6) is 11.5 Å². The Kier molecular flexibility index (Phi) is 4.57. The van der Waals surface area contributed by atoms with Crippen LogP contribution in [0, 0.1) is 11.8 Å². The Morgan fingerprint density at radius 2 is 1.48 bits per heavy atom. The molecule has 1 aromatic heterocycles. The average molecular weight is 406 g/mol. The molecule has 0 aliphatic rings. The van der Waals surface area contributed by atoms with Crippen LogP contribution in [0.3, 0.4) is 0 Å². The summed E-state index contributed by atoms with van der Waals surface area (Å²) < 4.78 is 16.6. The van der Waals surface area contributed by atoms with Crippen LogP contribution in [0.1, 0.15) is 15.9 Å². The van der Waals surface area contributed by atoms with Gasteiger partial charge in [-0.3, -0.25) is 4.79 Å². The second-order valence-electron chi connectivity index (χ2n) is 7.11. The summed E-state index contributed by atoms with van der Waals surface area (Å²) in [6.07, 6.45) is 0. The highest BCUT2D eigenvalue weighted by Gasteiger charge is 2.17. The molecule has 0 saturated carbocycles. The topological polar surface area (TPSA) is 48.7 Å². The number of methoxy groups -OCH3 is 2. The maximum absolute atomic E-state index is 13.1. The molecule has 31 heavy (non-hydrogen) atoms. The Morgan fingerprint density at radius 1 is 0.774 bits per heavy atom. The quantitative estimate of drug-likeness (QED) is 0.273. The van der Waals surface area contributed by atoms with E-state index in [9.17, 15) is 4.79 Å². The molecule has 0 atom stereocenters. The summed E-state index contributed by atoms with van der Waals surface area (Å²) in [4.78, 5) is 13.1. The number of fused-ring (bicyclic) bond motifs is 5. The lowest BCUT2D eigenvalue weighted by Gasteiger charge is -2.04. The van der Waals surface area contributed by atoms with Crippen molar-refractivity contribution < 1.29 is 18.7 Å². The van der Waals surface area contributed by atoms with Gasteiger partial charge in [0.25, 0.3) is 0 Å². The van der Waals surface area contributed by atoms with Gasteiger partial charge in [-0.25, -0.2) is 0 Å². The van der Waals surface area contributed by atoms with Crippen molar-refractivity contribution in [1.29, 1.82) is 0 Å². The molecule has 5 rings (SSSR count). The molecule has 5 aromatic rings. The maximum Gasteiger partial charge on any atom is 0.237 e. The number of rotatable bonds is 3. The third kappa shape index (κ3) is 3.27. The summed E-state index contributed by atoms with van der Waals surface area (Å²) in [5.41, 5.74) is 2.63. The second-order valence-corrected chi connectivity index (χ2v) is 7.11. The zero-order valence-electron chi connectivity index (χ0n) is 17.1. The van der Waals surface area contributed by atoms with Gasteiger partial charge in [-0.2, -0.15) is 0 Å². The summed E-state index contributed by atoms with van der Waals surface area (Å²) in [6.45, 7) is 0. The number of benzene rings is 4. The van der Waals surface area contributed by atoms with Gasteiger partial charge < -0.3 is 13.9 Å². The van der Waals surface area contributed by atoms with Crippen LogP contribution in [-0.4, -0.2) is 20.0 Å². The van der Waals surface area contributed by atoms with E-state index in [2.05, 4.69) is 11.8 Å². The maximum atomic E-state index is 13.1. The Bertz CT molecular complexity index is 1510. The number of ether oxygens (including phenoxy) is 2. The zero-order valence-corrected chi connectivity index (χ0v) is 17.1. The number of carbonyl (C=O) groups excluding carboxylic acids is 1. The zero-order chi connectivity index (χ0) is 21.4. The molecular weight excluding hydrogens is 388 g/mol. The number of hydrogen-bond acceptors (Lipinski definition) is 4. The van der Waals surface area contributed by atoms with Gasteiger partial charge in [0.2, 0.25) is 5.78 Å². The molecule has 4 heteroatoms. The molecule has 4 nitrogen and oxygen atoms in total. The number of carbonyl (C=O) groups is 1. The minimum Gasteiger partial charge on any atom is -0.497 e. The Hall–Kier alpha value is -4.23. The summed E-state index contributed by atoms with van der Waals surface area (Å²) in [7, 11) is 3.23. The lowest BCUT2D eigenvalue weighted by Crippen LogP contribution is -1.97. The third-order valence-electron chi connectivity index (χ3n) is 5.34.